The average molecular weight is 595 g/mol. The number of nitrogens with zero attached hydrogens (tertiary/aromatic N) is 3. The van der Waals surface area contributed by atoms with Gasteiger partial charge in [-0.3, -0.25) is 19.6 Å². The van der Waals surface area contributed by atoms with E-state index in [4.69, 9.17) is 0 Å². The number of hydrogen-bond donors (Lipinski definition) is 1. The summed E-state index contributed by atoms with van der Waals surface area (Å²) in [6, 6.07) is 29.4. The Labute approximate surface area is 264 Å². The Morgan fingerprint density at radius 3 is 1.78 bits per heavy atom. The lowest BCUT2D eigenvalue weighted by molar-refractivity contribution is -0.117. The van der Waals surface area contributed by atoms with Crippen molar-refractivity contribution in [3.8, 4) is 0 Å². The highest BCUT2D eigenvalue weighted by Gasteiger charge is 2.29. The Balaban J connectivity index is 0.000000145. The molecule has 2 fully saturated rings. The summed E-state index contributed by atoms with van der Waals surface area (Å²) < 4.78 is 0. The Hall–Kier alpha value is -4.84. The number of carbonyl (C=O) groups is 2. The van der Waals surface area contributed by atoms with Crippen molar-refractivity contribution >= 4 is 34.6 Å². The number of amides is 2. The molecule has 0 atom stereocenters. The maximum Gasteiger partial charge on any atom is 0.248 e. The van der Waals surface area contributed by atoms with Crippen molar-refractivity contribution in [1.82, 2.24) is 0 Å². The first kappa shape index (κ1) is 28.9. The normalized spacial score (nSPS) is 17.4. The van der Waals surface area contributed by atoms with E-state index >= 15 is 0 Å². The van der Waals surface area contributed by atoms with Crippen LogP contribution in [0.4, 0.5) is 11.4 Å². The zero-order chi connectivity index (χ0) is 31.1. The summed E-state index contributed by atoms with van der Waals surface area (Å²) in [4.78, 5) is 35.2. The van der Waals surface area contributed by atoms with Crippen LogP contribution >= 0.6 is 0 Å². The topological polar surface area (TPSA) is 74.1 Å². The van der Waals surface area contributed by atoms with Crippen molar-refractivity contribution in [3.05, 3.63) is 129 Å². The zero-order valence-corrected chi connectivity index (χ0v) is 26.1. The molecule has 1 N–H and O–H groups in total. The lowest BCUT2D eigenvalue weighted by Crippen LogP contribution is -2.27. The number of likely N-dealkylation sites (N-methyl/N-ethyl adjacent to an activating group) is 1. The van der Waals surface area contributed by atoms with E-state index in [0.717, 1.165) is 45.1 Å². The van der Waals surface area contributed by atoms with Crippen LogP contribution in [0.2, 0.25) is 0 Å². The molecule has 0 unspecified atom stereocenters. The summed E-state index contributed by atoms with van der Waals surface area (Å²) in [6.45, 7) is 4.56. The SMILES string of the molecule is Cc1ccccc1C1=NCC(=O)N(C)c2ccc(C3CC3)cc21.Cc1ccccc1C1=NCC(=O)Nc2ccc(C3CC3)cc21. The molecular weight excluding hydrogens is 556 g/mol. The Morgan fingerprint density at radius 1 is 0.644 bits per heavy atom. The van der Waals surface area contributed by atoms with Crippen LogP contribution in [0.15, 0.2) is 94.9 Å². The van der Waals surface area contributed by atoms with Gasteiger partial charge < -0.3 is 10.2 Å². The summed E-state index contributed by atoms with van der Waals surface area (Å²) in [6.07, 6.45) is 5.07. The van der Waals surface area contributed by atoms with Crippen LogP contribution in [-0.2, 0) is 9.59 Å². The van der Waals surface area contributed by atoms with Crippen LogP contribution in [0.25, 0.3) is 0 Å². The van der Waals surface area contributed by atoms with Crippen LogP contribution in [-0.4, -0.2) is 43.4 Å². The zero-order valence-electron chi connectivity index (χ0n) is 26.1. The highest BCUT2D eigenvalue weighted by Crippen LogP contribution is 2.43. The van der Waals surface area contributed by atoms with E-state index in [0.29, 0.717) is 11.8 Å². The fraction of sp³-hybridized carbons (Fsp3) is 0.282. The van der Waals surface area contributed by atoms with E-state index in [1.807, 2.05) is 37.4 Å². The van der Waals surface area contributed by atoms with Gasteiger partial charge in [-0.05, 0) is 97.9 Å². The van der Waals surface area contributed by atoms with E-state index in [2.05, 4.69) is 83.7 Å². The van der Waals surface area contributed by atoms with E-state index in [1.54, 1.807) is 4.90 Å². The van der Waals surface area contributed by atoms with E-state index in [9.17, 15) is 9.59 Å². The molecule has 226 valence electrons. The van der Waals surface area contributed by atoms with Gasteiger partial charge in [0.2, 0.25) is 11.8 Å². The molecule has 0 saturated heterocycles. The van der Waals surface area contributed by atoms with Crippen LogP contribution in [0, 0.1) is 13.8 Å². The first-order valence-electron chi connectivity index (χ1n) is 15.9. The number of nitrogens with one attached hydrogen (secondary N) is 1. The number of aliphatic imine (C=N–C) groups is 2. The number of anilines is 2. The number of carbonyl (C=O) groups excluding carboxylic acids is 2. The molecule has 2 amide bonds. The highest BCUT2D eigenvalue weighted by molar-refractivity contribution is 6.21. The highest BCUT2D eigenvalue weighted by atomic mass is 16.2. The summed E-state index contributed by atoms with van der Waals surface area (Å²) >= 11 is 0. The lowest BCUT2D eigenvalue weighted by Gasteiger charge is -2.19. The lowest BCUT2D eigenvalue weighted by atomic mass is 9.94. The maximum absolute atomic E-state index is 12.3. The van der Waals surface area contributed by atoms with Crippen LogP contribution in [0.1, 0.15) is 82.0 Å². The number of benzodiazepines with no additional fused rings is 2. The molecule has 0 spiro atoms. The van der Waals surface area contributed by atoms with Crippen LogP contribution in [0.5, 0.6) is 0 Å². The van der Waals surface area contributed by atoms with E-state index < -0.39 is 0 Å². The van der Waals surface area contributed by atoms with Gasteiger partial charge in [-0.2, -0.15) is 0 Å². The molecule has 8 rings (SSSR count). The molecule has 2 aliphatic heterocycles. The molecular formula is C39H38N4O2. The van der Waals surface area contributed by atoms with Gasteiger partial charge in [0.1, 0.15) is 13.1 Å². The first-order chi connectivity index (χ1) is 21.9. The molecule has 4 aliphatic rings. The standard InChI is InChI=1S/C20H20N2O.C19H18N2O/c1-13-5-3-4-6-16(13)20-17-11-15(14-7-8-14)9-10-18(17)22(2)19(23)12-21-20;1-12-4-2-3-5-15(12)19-16-10-14(13-6-7-13)8-9-17(16)21-18(22)11-20-19/h3-6,9-11,14H,7-8,12H2,1-2H3;2-5,8-10,13H,6-7,11H2,1H3,(H,21,22). The quantitative estimate of drug-likeness (QED) is 0.268. The van der Waals surface area contributed by atoms with Crippen molar-refractivity contribution in [2.24, 2.45) is 9.98 Å². The second kappa shape index (κ2) is 11.9. The Morgan fingerprint density at radius 2 is 1.18 bits per heavy atom. The average Bonchev–Trinajstić information content (AvgIpc) is 3.95. The van der Waals surface area contributed by atoms with Crippen LogP contribution in [0.3, 0.4) is 0 Å². The first-order valence-corrected chi connectivity index (χ1v) is 15.9. The number of aryl methyl sites for hydroxylation is 2. The summed E-state index contributed by atoms with van der Waals surface area (Å²) in [7, 11) is 1.84. The van der Waals surface area contributed by atoms with E-state index in [1.165, 1.54) is 47.9 Å². The smallest absolute Gasteiger partial charge is 0.248 e. The second-order valence-electron chi connectivity index (χ2n) is 12.6. The van der Waals surface area contributed by atoms with Gasteiger partial charge in [-0.1, -0.05) is 60.7 Å². The Kier molecular flexibility index (Phi) is 7.66. The molecule has 4 aromatic carbocycles. The molecule has 2 saturated carbocycles. The molecule has 6 heteroatoms. The predicted octanol–water partition coefficient (Wildman–Crippen LogP) is 7.35. The molecule has 4 aromatic rings. The molecule has 0 bridgehead atoms. The molecule has 6 nitrogen and oxygen atoms in total. The summed E-state index contributed by atoms with van der Waals surface area (Å²) in [5.74, 6) is 1.35. The molecule has 0 radical (unpaired) electrons. The minimum absolute atomic E-state index is 0.0361. The largest absolute Gasteiger partial charge is 0.324 e. The third-order valence-electron chi connectivity index (χ3n) is 9.24. The molecule has 0 aromatic heterocycles. The third kappa shape index (κ3) is 5.97. The minimum atomic E-state index is -0.0518. The van der Waals surface area contributed by atoms with Gasteiger partial charge in [0.25, 0.3) is 0 Å². The molecule has 45 heavy (non-hydrogen) atoms. The number of hydrogen-bond acceptors (Lipinski definition) is 4. The van der Waals surface area contributed by atoms with Crippen molar-refractivity contribution < 1.29 is 9.59 Å². The summed E-state index contributed by atoms with van der Waals surface area (Å²) in [5.41, 5.74) is 13.1. The van der Waals surface area contributed by atoms with Gasteiger partial charge in [0, 0.05) is 29.3 Å². The fourth-order valence-electron chi connectivity index (χ4n) is 6.28. The molecule has 2 heterocycles. The van der Waals surface area contributed by atoms with Crippen molar-refractivity contribution in [2.45, 2.75) is 51.4 Å². The summed E-state index contributed by atoms with van der Waals surface area (Å²) in [5, 5.41) is 2.97. The molecule has 2 aliphatic carbocycles. The van der Waals surface area contributed by atoms with Gasteiger partial charge in [0.05, 0.1) is 22.8 Å². The monoisotopic (exact) mass is 594 g/mol. The van der Waals surface area contributed by atoms with Crippen molar-refractivity contribution in [3.63, 3.8) is 0 Å². The second-order valence-corrected chi connectivity index (χ2v) is 12.6. The third-order valence-corrected chi connectivity index (χ3v) is 9.24. The van der Waals surface area contributed by atoms with Gasteiger partial charge in [-0.25, -0.2) is 0 Å². The van der Waals surface area contributed by atoms with Gasteiger partial charge >= 0.3 is 0 Å². The fourth-order valence-corrected chi connectivity index (χ4v) is 6.28. The van der Waals surface area contributed by atoms with Crippen molar-refractivity contribution in [1.29, 1.82) is 0 Å². The van der Waals surface area contributed by atoms with Crippen LogP contribution < -0.4 is 10.2 Å². The number of rotatable bonds is 4. The number of benzene rings is 4. The Bertz CT molecular complexity index is 1880. The minimum Gasteiger partial charge on any atom is -0.324 e. The van der Waals surface area contributed by atoms with Gasteiger partial charge in [0.15, 0.2) is 0 Å². The van der Waals surface area contributed by atoms with Gasteiger partial charge in [-0.15, -0.1) is 0 Å². The maximum atomic E-state index is 12.3. The number of fused-ring (bicyclic) bond motifs is 2. The van der Waals surface area contributed by atoms with E-state index in [-0.39, 0.29) is 24.9 Å². The predicted molar refractivity (Wildman–Crippen MR) is 182 cm³/mol. The van der Waals surface area contributed by atoms with Crippen molar-refractivity contribution in [2.75, 3.05) is 30.4 Å².